The van der Waals surface area contributed by atoms with E-state index in [0.717, 1.165) is 32.0 Å². The summed E-state index contributed by atoms with van der Waals surface area (Å²) in [5, 5.41) is 11.9. The molecule has 0 spiro atoms. The molecule has 5 nitrogen and oxygen atoms in total. The third kappa shape index (κ3) is 5.32. The van der Waals surface area contributed by atoms with Gasteiger partial charge in [0.1, 0.15) is 5.82 Å². The van der Waals surface area contributed by atoms with E-state index in [1.807, 2.05) is 0 Å². The molecule has 1 fully saturated rings. The van der Waals surface area contributed by atoms with Crippen molar-refractivity contribution in [1.29, 1.82) is 0 Å². The van der Waals surface area contributed by atoms with Crippen LogP contribution in [-0.2, 0) is 0 Å². The van der Waals surface area contributed by atoms with Gasteiger partial charge in [0, 0.05) is 12.7 Å². The van der Waals surface area contributed by atoms with Crippen molar-refractivity contribution in [2.24, 2.45) is 5.92 Å². The maximum Gasteiger partial charge on any atom is 0.163 e. The van der Waals surface area contributed by atoms with Crippen LogP contribution in [0.2, 0.25) is 0 Å². The highest BCUT2D eigenvalue weighted by molar-refractivity contribution is 5.76. The van der Waals surface area contributed by atoms with Crippen LogP contribution in [0.1, 0.15) is 23.2 Å². The fourth-order valence-electron chi connectivity index (χ4n) is 2.02. The monoisotopic (exact) mass is 299 g/mol. The summed E-state index contributed by atoms with van der Waals surface area (Å²) in [6.07, 6.45) is 2.73. The van der Waals surface area contributed by atoms with Crippen molar-refractivity contribution in [2.45, 2.75) is 12.8 Å². The van der Waals surface area contributed by atoms with Gasteiger partial charge in [-0.15, -0.1) is 0 Å². The molecule has 1 heterocycles. The smallest absolute Gasteiger partial charge is 0.163 e. The van der Waals surface area contributed by atoms with Gasteiger partial charge in [-0.2, -0.15) is 0 Å². The molecular formula is C15H22FNO4. The Morgan fingerprint density at radius 3 is 2.29 bits per heavy atom. The number of ether oxygens (including phenoxy) is 2. The Hall–Kier alpha value is -1.66. The molecule has 21 heavy (non-hydrogen) atoms. The van der Waals surface area contributed by atoms with Gasteiger partial charge in [0.15, 0.2) is 17.8 Å². The average Bonchev–Trinajstić information content (AvgIpc) is 2.55. The van der Waals surface area contributed by atoms with Crippen LogP contribution < -0.4 is 14.8 Å². The number of aldehydes is 1. The molecule has 118 valence electrons. The third-order valence-corrected chi connectivity index (χ3v) is 3.35. The number of aliphatic hydroxyl groups is 1. The van der Waals surface area contributed by atoms with Crippen molar-refractivity contribution in [2.75, 3.05) is 33.9 Å². The van der Waals surface area contributed by atoms with Gasteiger partial charge < -0.3 is 19.9 Å². The molecule has 2 rings (SSSR count). The first-order valence-corrected chi connectivity index (χ1v) is 6.84. The van der Waals surface area contributed by atoms with Crippen LogP contribution in [-0.4, -0.2) is 45.3 Å². The minimum atomic E-state index is -0.618. The number of piperidine rings is 1. The molecule has 0 atom stereocenters. The number of aliphatic hydroxyl groups excluding tert-OH is 1. The summed E-state index contributed by atoms with van der Waals surface area (Å²) >= 11 is 0. The fraction of sp³-hybridized carbons (Fsp3) is 0.533. The van der Waals surface area contributed by atoms with E-state index in [9.17, 15) is 9.18 Å². The molecule has 6 heteroatoms. The van der Waals surface area contributed by atoms with Crippen molar-refractivity contribution < 1.29 is 23.8 Å². The number of methoxy groups -OCH3 is 2. The predicted molar refractivity (Wildman–Crippen MR) is 77.6 cm³/mol. The third-order valence-electron chi connectivity index (χ3n) is 3.35. The highest BCUT2D eigenvalue weighted by Gasteiger charge is 2.10. The Labute approximate surface area is 124 Å². The first-order chi connectivity index (χ1) is 10.2. The van der Waals surface area contributed by atoms with Gasteiger partial charge in [0.25, 0.3) is 0 Å². The standard InChI is InChI=1S/C9H9FO3.C6H13NO/c1-12-8-3-6(5-11)7(10)4-9(8)13-2;8-5-6-1-3-7-4-2-6/h3-5H,1-2H3;6-8H,1-5H2. The summed E-state index contributed by atoms with van der Waals surface area (Å²) in [4.78, 5) is 10.4. The second-order valence-corrected chi connectivity index (χ2v) is 4.72. The second kappa shape index (κ2) is 9.31. The molecule has 0 amide bonds. The predicted octanol–water partition coefficient (Wildman–Crippen LogP) is 1.63. The summed E-state index contributed by atoms with van der Waals surface area (Å²) in [6.45, 7) is 2.55. The van der Waals surface area contributed by atoms with E-state index in [2.05, 4.69) is 5.32 Å². The number of nitrogens with one attached hydrogen (secondary N) is 1. The summed E-state index contributed by atoms with van der Waals surface area (Å²) in [5.41, 5.74) is -0.0438. The van der Waals surface area contributed by atoms with Crippen LogP contribution in [0.3, 0.4) is 0 Å². The first-order valence-electron chi connectivity index (χ1n) is 6.84. The highest BCUT2D eigenvalue weighted by Crippen LogP contribution is 2.28. The molecule has 0 aromatic heterocycles. The maximum atomic E-state index is 13.0. The van der Waals surface area contributed by atoms with Crippen LogP contribution >= 0.6 is 0 Å². The summed E-state index contributed by atoms with van der Waals surface area (Å²) in [6, 6.07) is 2.41. The number of carbonyl (C=O) groups excluding carboxylic acids is 1. The van der Waals surface area contributed by atoms with Gasteiger partial charge in [-0.05, 0) is 37.9 Å². The molecule has 0 radical (unpaired) electrons. The van der Waals surface area contributed by atoms with Gasteiger partial charge in [-0.3, -0.25) is 4.79 Å². The Balaban J connectivity index is 0.000000235. The summed E-state index contributed by atoms with van der Waals surface area (Å²) < 4.78 is 22.7. The second-order valence-electron chi connectivity index (χ2n) is 4.72. The maximum absolute atomic E-state index is 13.0. The van der Waals surface area contributed by atoms with E-state index in [1.54, 1.807) is 0 Å². The van der Waals surface area contributed by atoms with Crippen LogP contribution in [0.5, 0.6) is 11.5 Å². The molecule has 1 aliphatic rings. The number of rotatable bonds is 4. The highest BCUT2D eigenvalue weighted by atomic mass is 19.1. The van der Waals surface area contributed by atoms with E-state index in [4.69, 9.17) is 14.6 Å². The topological polar surface area (TPSA) is 67.8 Å². The van der Waals surface area contributed by atoms with Gasteiger partial charge in [0.05, 0.1) is 19.8 Å². The largest absolute Gasteiger partial charge is 0.493 e. The Morgan fingerprint density at radius 1 is 1.29 bits per heavy atom. The minimum Gasteiger partial charge on any atom is -0.493 e. The van der Waals surface area contributed by atoms with Gasteiger partial charge in [-0.25, -0.2) is 4.39 Å². The zero-order valence-corrected chi connectivity index (χ0v) is 12.4. The van der Waals surface area contributed by atoms with Gasteiger partial charge in [-0.1, -0.05) is 0 Å². The van der Waals surface area contributed by atoms with Crippen LogP contribution in [0, 0.1) is 11.7 Å². The molecule has 0 aliphatic carbocycles. The van der Waals surface area contributed by atoms with E-state index in [1.165, 1.54) is 20.3 Å². The van der Waals surface area contributed by atoms with Crippen molar-refractivity contribution in [1.82, 2.24) is 5.32 Å². The average molecular weight is 299 g/mol. The number of hydrogen-bond acceptors (Lipinski definition) is 5. The Bertz CT molecular complexity index is 448. The van der Waals surface area contributed by atoms with Gasteiger partial charge in [0.2, 0.25) is 0 Å². The normalized spacial score (nSPS) is 14.9. The zero-order chi connectivity index (χ0) is 15.7. The van der Waals surface area contributed by atoms with Crippen LogP contribution in [0.15, 0.2) is 12.1 Å². The number of carbonyl (C=O) groups is 1. The summed E-state index contributed by atoms with van der Waals surface area (Å²) in [7, 11) is 2.82. The van der Waals surface area contributed by atoms with Crippen molar-refractivity contribution >= 4 is 6.29 Å². The lowest BCUT2D eigenvalue weighted by Crippen LogP contribution is -2.29. The number of halogens is 1. The van der Waals surface area contributed by atoms with E-state index >= 15 is 0 Å². The first kappa shape index (κ1) is 17.4. The molecule has 0 unspecified atom stereocenters. The van der Waals surface area contributed by atoms with Crippen LogP contribution in [0.4, 0.5) is 4.39 Å². The molecule has 1 aromatic carbocycles. The lowest BCUT2D eigenvalue weighted by molar-refractivity contribution is 0.111. The zero-order valence-electron chi connectivity index (χ0n) is 12.4. The summed E-state index contributed by atoms with van der Waals surface area (Å²) in [5.74, 6) is 0.570. The molecule has 1 aromatic rings. The van der Waals surface area contributed by atoms with Gasteiger partial charge >= 0.3 is 0 Å². The van der Waals surface area contributed by atoms with Crippen molar-refractivity contribution in [3.05, 3.63) is 23.5 Å². The lowest BCUT2D eigenvalue weighted by atomic mass is 10.00. The van der Waals surface area contributed by atoms with E-state index in [0.29, 0.717) is 24.6 Å². The van der Waals surface area contributed by atoms with E-state index < -0.39 is 5.82 Å². The van der Waals surface area contributed by atoms with Crippen LogP contribution in [0.25, 0.3) is 0 Å². The minimum absolute atomic E-state index is 0.0438. The Kier molecular flexibility index (Phi) is 7.71. The van der Waals surface area contributed by atoms with E-state index in [-0.39, 0.29) is 11.3 Å². The van der Waals surface area contributed by atoms with Crippen molar-refractivity contribution in [3.8, 4) is 11.5 Å². The molecule has 0 bridgehead atoms. The molecule has 2 N–H and O–H groups in total. The SMILES string of the molecule is COc1cc(F)c(C=O)cc1OC.OCC1CCNCC1. The molecule has 1 saturated heterocycles. The molecule has 1 aliphatic heterocycles. The quantitative estimate of drug-likeness (QED) is 0.827. The number of hydrogen-bond donors (Lipinski definition) is 2. The fourth-order valence-corrected chi connectivity index (χ4v) is 2.02. The molecular weight excluding hydrogens is 277 g/mol. The Morgan fingerprint density at radius 2 is 1.86 bits per heavy atom. The van der Waals surface area contributed by atoms with Crippen molar-refractivity contribution in [3.63, 3.8) is 0 Å². The number of benzene rings is 1. The lowest BCUT2D eigenvalue weighted by Gasteiger charge is -2.19. The molecule has 0 saturated carbocycles.